The van der Waals surface area contributed by atoms with E-state index in [0.29, 0.717) is 0 Å². The Morgan fingerprint density at radius 1 is 1.38 bits per heavy atom. The Morgan fingerprint density at radius 2 is 2.05 bits per heavy atom. The average Bonchev–Trinajstić information content (AvgIpc) is 2.69. The first-order valence-corrected chi connectivity index (χ1v) is 6.49. The van der Waals surface area contributed by atoms with Crippen LogP contribution < -0.4 is 16.0 Å². The molecule has 9 heteroatoms. The van der Waals surface area contributed by atoms with Crippen LogP contribution in [0.25, 0.3) is 0 Å². The lowest BCUT2D eigenvalue weighted by Crippen LogP contribution is -2.38. The van der Waals surface area contributed by atoms with Crippen LogP contribution in [0.15, 0.2) is 15.8 Å². The van der Waals surface area contributed by atoms with E-state index in [4.69, 9.17) is 14.6 Å². The fourth-order valence-corrected chi connectivity index (χ4v) is 2.10. The molecule has 0 radical (unpaired) electrons. The molecule has 0 bridgehead atoms. The average molecular weight is 302 g/mol. The maximum atomic E-state index is 11.8. The maximum Gasteiger partial charge on any atom is 0.330 e. The molecule has 2 heterocycles. The molecule has 2 rings (SSSR count). The Balaban J connectivity index is 2.40. The summed E-state index contributed by atoms with van der Waals surface area (Å²) in [5, 5.41) is 28.6. The van der Waals surface area contributed by atoms with Gasteiger partial charge in [-0.1, -0.05) is 0 Å². The van der Waals surface area contributed by atoms with Crippen molar-refractivity contribution in [3.8, 4) is 5.75 Å². The van der Waals surface area contributed by atoms with Gasteiger partial charge in [0.15, 0.2) is 6.23 Å². The first-order chi connectivity index (χ1) is 9.85. The number of aliphatic hydroxyl groups excluding tert-OH is 3. The second kappa shape index (κ2) is 5.98. The molecule has 0 unspecified atom stereocenters. The largest absolute Gasteiger partial charge is 0.484 e. The van der Waals surface area contributed by atoms with Crippen LogP contribution in [-0.4, -0.2) is 55.9 Å². The normalized spacial score (nSPS) is 29.0. The van der Waals surface area contributed by atoms with E-state index in [1.807, 2.05) is 4.98 Å². The standard InChI is InChI=1S/C12H18N2O7/c1-5(2)20-6-3-14(12(19)13-10(6)18)11-9(17)8(16)7(4-15)21-11/h3,5,7-9,11,15-17H,4H2,1-2H3,(H,13,18,19)/t7-,8-,9-,11-/m1/s1. The van der Waals surface area contributed by atoms with Crippen molar-refractivity contribution in [2.75, 3.05) is 6.61 Å². The molecule has 9 nitrogen and oxygen atoms in total. The summed E-state index contributed by atoms with van der Waals surface area (Å²) in [6.45, 7) is 2.91. The number of hydrogen-bond acceptors (Lipinski definition) is 7. The molecule has 0 aliphatic carbocycles. The fourth-order valence-electron chi connectivity index (χ4n) is 2.10. The van der Waals surface area contributed by atoms with Gasteiger partial charge < -0.3 is 24.8 Å². The molecule has 1 saturated heterocycles. The van der Waals surface area contributed by atoms with Crippen LogP contribution in [0.5, 0.6) is 5.75 Å². The van der Waals surface area contributed by atoms with Crippen molar-refractivity contribution in [2.24, 2.45) is 0 Å². The molecule has 118 valence electrons. The number of nitrogens with zero attached hydrogens (tertiary/aromatic N) is 1. The highest BCUT2D eigenvalue weighted by molar-refractivity contribution is 5.13. The van der Waals surface area contributed by atoms with E-state index in [9.17, 15) is 19.8 Å². The number of rotatable bonds is 4. The number of aromatic nitrogens is 2. The monoisotopic (exact) mass is 302 g/mol. The van der Waals surface area contributed by atoms with E-state index in [1.165, 1.54) is 0 Å². The minimum atomic E-state index is -1.42. The minimum absolute atomic E-state index is 0.109. The lowest BCUT2D eigenvalue weighted by Gasteiger charge is -2.18. The Kier molecular flexibility index (Phi) is 4.47. The van der Waals surface area contributed by atoms with Gasteiger partial charge in [0.2, 0.25) is 5.75 Å². The smallest absolute Gasteiger partial charge is 0.330 e. The van der Waals surface area contributed by atoms with Gasteiger partial charge in [0.05, 0.1) is 18.9 Å². The Bertz CT molecular complexity index is 608. The molecule has 21 heavy (non-hydrogen) atoms. The van der Waals surface area contributed by atoms with Gasteiger partial charge in [-0.15, -0.1) is 0 Å². The Morgan fingerprint density at radius 3 is 2.57 bits per heavy atom. The van der Waals surface area contributed by atoms with Gasteiger partial charge in [0, 0.05) is 0 Å². The van der Waals surface area contributed by atoms with Gasteiger partial charge in [-0.2, -0.15) is 0 Å². The summed E-state index contributed by atoms with van der Waals surface area (Å²) < 4.78 is 11.4. The summed E-state index contributed by atoms with van der Waals surface area (Å²) in [4.78, 5) is 25.5. The quantitative estimate of drug-likeness (QED) is 0.502. The molecule has 0 aromatic carbocycles. The number of H-pyrrole nitrogens is 1. The van der Waals surface area contributed by atoms with E-state index in [1.54, 1.807) is 13.8 Å². The zero-order valence-corrected chi connectivity index (χ0v) is 11.6. The van der Waals surface area contributed by atoms with Crippen LogP contribution in [0.2, 0.25) is 0 Å². The Hall–Kier alpha value is -1.68. The van der Waals surface area contributed by atoms with E-state index >= 15 is 0 Å². The second-order valence-corrected chi connectivity index (χ2v) is 5.06. The highest BCUT2D eigenvalue weighted by Gasteiger charge is 2.43. The molecule has 1 aliphatic rings. The van der Waals surface area contributed by atoms with Crippen LogP contribution in [0.3, 0.4) is 0 Å². The first-order valence-electron chi connectivity index (χ1n) is 6.49. The summed E-state index contributed by atoms with van der Waals surface area (Å²) in [6.07, 6.45) is -4.18. The molecule has 1 aliphatic heterocycles. The summed E-state index contributed by atoms with van der Waals surface area (Å²) in [5.74, 6) is -0.109. The van der Waals surface area contributed by atoms with Crippen molar-refractivity contribution in [3.63, 3.8) is 0 Å². The predicted molar refractivity (Wildman–Crippen MR) is 70.1 cm³/mol. The number of nitrogens with one attached hydrogen (secondary N) is 1. The van der Waals surface area contributed by atoms with Gasteiger partial charge in [-0.3, -0.25) is 14.3 Å². The van der Waals surface area contributed by atoms with Crippen LogP contribution in [0.4, 0.5) is 0 Å². The van der Waals surface area contributed by atoms with Crippen LogP contribution >= 0.6 is 0 Å². The number of aliphatic hydroxyl groups is 3. The minimum Gasteiger partial charge on any atom is -0.484 e. The van der Waals surface area contributed by atoms with Crippen LogP contribution in [0.1, 0.15) is 20.1 Å². The number of ether oxygens (including phenoxy) is 2. The van der Waals surface area contributed by atoms with Crippen molar-refractivity contribution < 1.29 is 24.8 Å². The lowest BCUT2D eigenvalue weighted by atomic mass is 10.1. The molecular weight excluding hydrogens is 284 g/mol. The summed E-state index contributed by atoms with van der Waals surface area (Å²) in [6, 6.07) is 0. The highest BCUT2D eigenvalue weighted by atomic mass is 16.6. The maximum absolute atomic E-state index is 11.8. The summed E-state index contributed by atoms with van der Waals surface area (Å²) in [7, 11) is 0. The van der Waals surface area contributed by atoms with Gasteiger partial charge in [0.25, 0.3) is 5.56 Å². The molecule has 4 atom stereocenters. The van der Waals surface area contributed by atoms with Crippen LogP contribution in [-0.2, 0) is 4.74 Å². The van der Waals surface area contributed by atoms with E-state index in [2.05, 4.69) is 0 Å². The fraction of sp³-hybridized carbons (Fsp3) is 0.667. The zero-order valence-electron chi connectivity index (χ0n) is 11.6. The van der Waals surface area contributed by atoms with Crippen molar-refractivity contribution in [3.05, 3.63) is 27.0 Å². The molecule has 0 saturated carbocycles. The zero-order chi connectivity index (χ0) is 15.7. The van der Waals surface area contributed by atoms with Gasteiger partial charge in [-0.25, -0.2) is 4.79 Å². The molecule has 0 amide bonds. The van der Waals surface area contributed by atoms with Gasteiger partial charge in [-0.05, 0) is 13.8 Å². The molecule has 1 fully saturated rings. The Labute approximate surface area is 119 Å². The topological polar surface area (TPSA) is 134 Å². The molecule has 4 N–H and O–H groups in total. The first kappa shape index (κ1) is 15.7. The number of aromatic amines is 1. The SMILES string of the molecule is CC(C)Oc1cn([C@@H]2O[C@H](CO)[C@@H](O)[C@H]2O)c(=O)[nH]c1=O. The van der Waals surface area contributed by atoms with Crippen molar-refractivity contribution in [1.82, 2.24) is 9.55 Å². The van der Waals surface area contributed by atoms with Gasteiger partial charge in [0.1, 0.15) is 18.3 Å². The third-order valence-corrected chi connectivity index (χ3v) is 3.09. The molecule has 1 aromatic rings. The third-order valence-electron chi connectivity index (χ3n) is 3.09. The molecule has 0 spiro atoms. The van der Waals surface area contributed by atoms with E-state index in [-0.39, 0.29) is 11.9 Å². The predicted octanol–water partition coefficient (Wildman–Crippen LogP) is -2.06. The molecular formula is C12H18N2O7. The third kappa shape index (κ3) is 3.00. The lowest BCUT2D eigenvalue weighted by molar-refractivity contribution is -0.0553. The van der Waals surface area contributed by atoms with Crippen molar-refractivity contribution in [1.29, 1.82) is 0 Å². The van der Waals surface area contributed by atoms with Crippen molar-refractivity contribution >= 4 is 0 Å². The van der Waals surface area contributed by atoms with Crippen LogP contribution in [0, 0.1) is 0 Å². The summed E-state index contributed by atoms with van der Waals surface area (Å²) in [5.41, 5.74) is -1.51. The highest BCUT2D eigenvalue weighted by Crippen LogP contribution is 2.28. The second-order valence-electron chi connectivity index (χ2n) is 5.06. The summed E-state index contributed by atoms with van der Waals surface area (Å²) >= 11 is 0. The molecule has 1 aromatic heterocycles. The number of hydrogen-bond donors (Lipinski definition) is 4. The van der Waals surface area contributed by atoms with E-state index in [0.717, 1.165) is 10.8 Å². The van der Waals surface area contributed by atoms with E-state index < -0.39 is 42.4 Å². The van der Waals surface area contributed by atoms with Crippen molar-refractivity contribution in [2.45, 2.75) is 44.5 Å². The van der Waals surface area contributed by atoms with Gasteiger partial charge >= 0.3 is 5.69 Å².